The summed E-state index contributed by atoms with van der Waals surface area (Å²) >= 11 is 0. The molecule has 33 heavy (non-hydrogen) atoms. The van der Waals surface area contributed by atoms with Gasteiger partial charge in [0.2, 0.25) is 5.88 Å². The smallest absolute Gasteiger partial charge is 0.219 e. The second kappa shape index (κ2) is 9.48. The molecule has 0 spiro atoms. The van der Waals surface area contributed by atoms with Gasteiger partial charge in [-0.1, -0.05) is 17.3 Å². The van der Waals surface area contributed by atoms with Crippen LogP contribution in [0.2, 0.25) is 0 Å². The summed E-state index contributed by atoms with van der Waals surface area (Å²) in [7, 11) is 0. The molecule has 7 heteroatoms. The summed E-state index contributed by atoms with van der Waals surface area (Å²) in [5.74, 6) is 1.60. The number of oxime groups is 1. The molecule has 1 aliphatic carbocycles. The van der Waals surface area contributed by atoms with Crippen LogP contribution in [-0.2, 0) is 12.8 Å². The van der Waals surface area contributed by atoms with E-state index < -0.39 is 0 Å². The zero-order valence-electron chi connectivity index (χ0n) is 18.5. The number of nitrogens with zero attached hydrogens (tertiary/aromatic N) is 4. The van der Waals surface area contributed by atoms with E-state index >= 15 is 0 Å². The number of anilines is 1. The number of halogens is 1. The highest BCUT2D eigenvalue weighted by Crippen LogP contribution is 2.32. The summed E-state index contributed by atoms with van der Waals surface area (Å²) in [6, 6.07) is 16.4. The lowest BCUT2D eigenvalue weighted by molar-refractivity contribution is 0.296. The molecule has 1 saturated heterocycles. The maximum atomic E-state index is 13.2. The first kappa shape index (κ1) is 21.2. The van der Waals surface area contributed by atoms with Crippen LogP contribution in [0.3, 0.4) is 0 Å². The fraction of sp³-hybridized carbons (Fsp3) is 0.308. The van der Waals surface area contributed by atoms with Gasteiger partial charge in [-0.3, -0.25) is 0 Å². The van der Waals surface area contributed by atoms with Crippen LogP contribution in [0.25, 0.3) is 0 Å². The van der Waals surface area contributed by atoms with Gasteiger partial charge in [0.05, 0.1) is 0 Å². The number of fused-ring (bicyclic) bond motifs is 1. The Hall–Kier alpha value is -3.61. The topological polar surface area (TPSA) is 61.2 Å². The first-order valence-corrected chi connectivity index (χ1v) is 11.4. The number of benzene rings is 2. The first-order chi connectivity index (χ1) is 16.2. The maximum absolute atomic E-state index is 13.2. The second-order valence-electron chi connectivity index (χ2n) is 8.46. The van der Waals surface area contributed by atoms with E-state index in [4.69, 9.17) is 4.74 Å². The molecule has 0 saturated carbocycles. The normalized spacial score (nSPS) is 16.5. The van der Waals surface area contributed by atoms with Crippen molar-refractivity contribution in [2.24, 2.45) is 5.16 Å². The Morgan fingerprint density at radius 3 is 2.55 bits per heavy atom. The number of aromatic nitrogens is 1. The summed E-state index contributed by atoms with van der Waals surface area (Å²) in [5, 5.41) is 13.4. The molecule has 3 aromatic rings. The fourth-order valence-corrected chi connectivity index (χ4v) is 4.69. The Kier molecular flexibility index (Phi) is 6.11. The van der Waals surface area contributed by atoms with Crippen LogP contribution >= 0.6 is 0 Å². The van der Waals surface area contributed by atoms with Crippen molar-refractivity contribution in [2.75, 3.05) is 31.1 Å². The highest BCUT2D eigenvalue weighted by Gasteiger charge is 2.22. The van der Waals surface area contributed by atoms with Gasteiger partial charge in [0, 0.05) is 49.7 Å². The lowest BCUT2D eigenvalue weighted by Crippen LogP contribution is -2.49. The molecule has 1 N–H and O–H groups in total. The van der Waals surface area contributed by atoms with E-state index in [1.54, 1.807) is 18.3 Å². The molecule has 170 valence electrons. The van der Waals surface area contributed by atoms with Crippen LogP contribution in [0.4, 0.5) is 10.1 Å². The van der Waals surface area contributed by atoms with E-state index in [0.717, 1.165) is 42.9 Å². The molecule has 0 unspecified atom stereocenters. The predicted octanol–water partition coefficient (Wildman–Crippen LogP) is 4.85. The third kappa shape index (κ3) is 4.62. The zero-order valence-corrected chi connectivity index (χ0v) is 18.5. The minimum Gasteiger partial charge on any atom is -0.439 e. The molecule has 6 nitrogen and oxygen atoms in total. The van der Waals surface area contributed by atoms with Gasteiger partial charge in [-0.2, -0.15) is 0 Å². The SMILES string of the molecule is O/N=C(/c1ccnc(Oc2cccc3c2CCCC3)c1)N1CCN(c2ccc(F)cc2)CC1. The number of hydrogen-bond donors (Lipinski definition) is 1. The van der Waals surface area contributed by atoms with Crippen molar-refractivity contribution in [3.05, 3.63) is 83.3 Å². The van der Waals surface area contributed by atoms with Crippen molar-refractivity contribution < 1.29 is 14.3 Å². The molecular formula is C26H27FN4O2. The van der Waals surface area contributed by atoms with Crippen molar-refractivity contribution in [2.45, 2.75) is 25.7 Å². The van der Waals surface area contributed by atoms with E-state index in [1.165, 1.54) is 36.1 Å². The van der Waals surface area contributed by atoms with Gasteiger partial charge < -0.3 is 19.7 Å². The molecular weight excluding hydrogens is 419 g/mol. The van der Waals surface area contributed by atoms with Crippen molar-refractivity contribution in [1.29, 1.82) is 0 Å². The minimum absolute atomic E-state index is 0.237. The Labute approximate surface area is 192 Å². The summed E-state index contributed by atoms with van der Waals surface area (Å²) in [6.07, 6.45) is 6.18. The summed E-state index contributed by atoms with van der Waals surface area (Å²) in [4.78, 5) is 8.63. The van der Waals surface area contributed by atoms with Crippen LogP contribution in [-0.4, -0.2) is 47.1 Å². The zero-order chi connectivity index (χ0) is 22.6. The highest BCUT2D eigenvalue weighted by molar-refractivity contribution is 5.98. The number of amidine groups is 1. The van der Waals surface area contributed by atoms with Crippen molar-refractivity contribution in [3.8, 4) is 11.6 Å². The predicted molar refractivity (Wildman–Crippen MR) is 126 cm³/mol. The molecule has 0 atom stereocenters. The Bertz CT molecular complexity index is 1140. The summed E-state index contributed by atoms with van der Waals surface area (Å²) < 4.78 is 19.4. The van der Waals surface area contributed by atoms with E-state index in [2.05, 4.69) is 21.1 Å². The van der Waals surface area contributed by atoms with E-state index in [-0.39, 0.29) is 5.82 Å². The Morgan fingerprint density at radius 1 is 0.970 bits per heavy atom. The molecule has 1 fully saturated rings. The first-order valence-electron chi connectivity index (χ1n) is 11.4. The average molecular weight is 447 g/mol. The van der Waals surface area contributed by atoms with Gasteiger partial charge in [0.1, 0.15) is 11.6 Å². The van der Waals surface area contributed by atoms with Gasteiger partial charge >= 0.3 is 0 Å². The molecule has 1 aliphatic heterocycles. The fourth-order valence-electron chi connectivity index (χ4n) is 4.69. The largest absolute Gasteiger partial charge is 0.439 e. The monoisotopic (exact) mass is 446 g/mol. The highest BCUT2D eigenvalue weighted by atomic mass is 19.1. The van der Waals surface area contributed by atoms with Crippen LogP contribution in [0.15, 0.2) is 65.9 Å². The van der Waals surface area contributed by atoms with E-state index in [1.807, 2.05) is 29.2 Å². The number of rotatable bonds is 4. The number of pyridine rings is 1. The molecule has 2 aromatic carbocycles. The third-order valence-corrected chi connectivity index (χ3v) is 6.43. The van der Waals surface area contributed by atoms with E-state index in [9.17, 15) is 9.60 Å². The second-order valence-corrected chi connectivity index (χ2v) is 8.46. The van der Waals surface area contributed by atoms with Gasteiger partial charge in [0.25, 0.3) is 0 Å². The summed E-state index contributed by atoms with van der Waals surface area (Å²) in [5.41, 5.74) is 4.36. The van der Waals surface area contributed by atoms with Crippen molar-refractivity contribution >= 4 is 11.5 Å². The number of aryl methyl sites for hydroxylation is 1. The number of hydrogen-bond acceptors (Lipinski definition) is 5. The quantitative estimate of drug-likeness (QED) is 0.269. The molecule has 2 aliphatic rings. The van der Waals surface area contributed by atoms with Gasteiger partial charge in [-0.15, -0.1) is 0 Å². The lowest BCUT2D eigenvalue weighted by Gasteiger charge is -2.37. The van der Waals surface area contributed by atoms with Crippen LogP contribution < -0.4 is 9.64 Å². The maximum Gasteiger partial charge on any atom is 0.219 e. The minimum atomic E-state index is -0.237. The molecule has 2 heterocycles. The average Bonchev–Trinajstić information content (AvgIpc) is 2.86. The van der Waals surface area contributed by atoms with Gasteiger partial charge in [0.15, 0.2) is 5.84 Å². The van der Waals surface area contributed by atoms with Crippen LogP contribution in [0.5, 0.6) is 11.6 Å². The van der Waals surface area contributed by atoms with Crippen LogP contribution in [0, 0.1) is 5.82 Å². The summed E-state index contributed by atoms with van der Waals surface area (Å²) in [6.45, 7) is 2.85. The standard InChI is InChI=1S/C26H27FN4O2/c27-21-8-10-22(11-9-21)30-14-16-31(17-15-30)26(29-32)20-12-13-28-25(18-20)33-24-7-3-5-19-4-1-2-6-23(19)24/h3,5,7-13,18,32H,1-2,4,6,14-17H2/b29-26-. The van der Waals surface area contributed by atoms with Crippen molar-refractivity contribution in [3.63, 3.8) is 0 Å². The van der Waals surface area contributed by atoms with E-state index in [0.29, 0.717) is 24.8 Å². The molecule has 0 radical (unpaired) electrons. The van der Waals surface area contributed by atoms with Crippen LogP contribution in [0.1, 0.15) is 29.5 Å². The molecule has 0 bridgehead atoms. The number of ether oxygens (including phenoxy) is 1. The van der Waals surface area contributed by atoms with Gasteiger partial charge in [-0.25, -0.2) is 9.37 Å². The Morgan fingerprint density at radius 2 is 1.76 bits per heavy atom. The third-order valence-electron chi connectivity index (χ3n) is 6.43. The molecule has 1 aromatic heterocycles. The Balaban J connectivity index is 1.29. The number of piperazine rings is 1. The van der Waals surface area contributed by atoms with Gasteiger partial charge in [-0.05, 0) is 73.2 Å². The molecule has 5 rings (SSSR count). The lowest BCUT2D eigenvalue weighted by atomic mass is 9.91. The molecule has 0 amide bonds. The van der Waals surface area contributed by atoms with Crippen molar-refractivity contribution in [1.82, 2.24) is 9.88 Å².